The molecular weight excluding hydrogens is 264 g/mol. The van der Waals surface area contributed by atoms with Crippen molar-refractivity contribution in [3.63, 3.8) is 0 Å². The molecule has 0 aliphatic carbocycles. The Morgan fingerprint density at radius 2 is 1.52 bits per heavy atom. The van der Waals surface area contributed by atoms with E-state index in [1.165, 1.54) is 0 Å². The molecule has 0 fully saturated rings. The molecule has 0 N–H and O–H groups in total. The number of carbonyl (C=O) groups is 1. The van der Waals surface area contributed by atoms with Crippen LogP contribution >= 0.6 is 0 Å². The van der Waals surface area contributed by atoms with Crippen LogP contribution in [-0.2, 0) is 11.4 Å². The molecule has 3 nitrogen and oxygen atoms in total. The highest BCUT2D eigenvalue weighted by Crippen LogP contribution is 2.19. The minimum absolute atomic E-state index is 0.197. The summed E-state index contributed by atoms with van der Waals surface area (Å²) >= 11 is 0. The predicted molar refractivity (Wildman–Crippen MR) is 82.6 cm³/mol. The van der Waals surface area contributed by atoms with Crippen molar-refractivity contribution >= 4 is 5.78 Å². The Balaban J connectivity index is 1.75. The molecule has 3 heteroatoms. The molecule has 0 spiro atoms. The first-order valence-electron chi connectivity index (χ1n) is 7.13. The van der Waals surface area contributed by atoms with Gasteiger partial charge in [0, 0.05) is 6.42 Å². The van der Waals surface area contributed by atoms with Crippen molar-refractivity contribution in [3.05, 3.63) is 60.2 Å². The standard InChI is InChI=1S/C18H20O3/c1-15(19)6-5-13-20-17-9-11-18(12-10-17)21-14-16-7-3-2-4-8-16/h2-4,7-12H,5-6,13-14H2,1H3. The van der Waals surface area contributed by atoms with Gasteiger partial charge in [0.1, 0.15) is 23.9 Å². The van der Waals surface area contributed by atoms with Gasteiger partial charge in [-0.15, -0.1) is 0 Å². The molecule has 110 valence electrons. The Labute approximate surface area is 125 Å². The fraction of sp³-hybridized carbons (Fsp3) is 0.278. The summed E-state index contributed by atoms with van der Waals surface area (Å²) in [6.45, 7) is 2.71. The molecule has 0 radical (unpaired) electrons. The van der Waals surface area contributed by atoms with Crippen molar-refractivity contribution in [2.75, 3.05) is 6.61 Å². The molecule has 2 aromatic rings. The molecule has 0 aliphatic heterocycles. The molecule has 0 aromatic heterocycles. The topological polar surface area (TPSA) is 35.5 Å². The lowest BCUT2D eigenvalue weighted by molar-refractivity contribution is -0.117. The Morgan fingerprint density at radius 1 is 0.905 bits per heavy atom. The molecule has 0 atom stereocenters. The second-order valence-electron chi connectivity index (χ2n) is 4.90. The van der Waals surface area contributed by atoms with Crippen LogP contribution in [0.15, 0.2) is 54.6 Å². The Kier molecular flexibility index (Phi) is 5.83. The van der Waals surface area contributed by atoms with Gasteiger partial charge in [-0.05, 0) is 43.2 Å². The first-order chi connectivity index (χ1) is 10.2. The second-order valence-corrected chi connectivity index (χ2v) is 4.90. The summed E-state index contributed by atoms with van der Waals surface area (Å²) in [5.41, 5.74) is 1.14. The largest absolute Gasteiger partial charge is 0.494 e. The molecule has 0 saturated heterocycles. The zero-order valence-electron chi connectivity index (χ0n) is 12.2. The summed E-state index contributed by atoms with van der Waals surface area (Å²) in [5.74, 6) is 1.81. The maximum absolute atomic E-state index is 10.8. The van der Waals surface area contributed by atoms with E-state index in [9.17, 15) is 4.79 Å². The van der Waals surface area contributed by atoms with Gasteiger partial charge in [-0.2, -0.15) is 0 Å². The third-order valence-corrected chi connectivity index (χ3v) is 3.01. The Bertz CT molecular complexity index is 546. The number of hydrogen-bond acceptors (Lipinski definition) is 3. The van der Waals surface area contributed by atoms with Gasteiger partial charge < -0.3 is 14.3 Å². The molecule has 0 bridgehead atoms. The normalized spacial score (nSPS) is 10.1. The molecule has 0 saturated carbocycles. The summed E-state index contributed by atoms with van der Waals surface area (Å²) in [4.78, 5) is 10.8. The highest BCUT2D eigenvalue weighted by molar-refractivity contribution is 5.75. The lowest BCUT2D eigenvalue weighted by Gasteiger charge is -2.08. The maximum atomic E-state index is 10.8. The number of rotatable bonds is 8. The van der Waals surface area contributed by atoms with E-state index in [4.69, 9.17) is 9.47 Å². The summed E-state index contributed by atoms with van der Waals surface area (Å²) in [6, 6.07) is 17.6. The molecule has 2 rings (SSSR count). The number of carbonyl (C=O) groups excluding carboxylic acids is 1. The van der Waals surface area contributed by atoms with E-state index in [-0.39, 0.29) is 5.78 Å². The van der Waals surface area contributed by atoms with Gasteiger partial charge in [0.05, 0.1) is 6.61 Å². The third-order valence-electron chi connectivity index (χ3n) is 3.01. The SMILES string of the molecule is CC(=O)CCCOc1ccc(OCc2ccccc2)cc1. The van der Waals surface area contributed by atoms with Crippen molar-refractivity contribution < 1.29 is 14.3 Å². The van der Waals surface area contributed by atoms with E-state index < -0.39 is 0 Å². The lowest BCUT2D eigenvalue weighted by Crippen LogP contribution is -2.00. The fourth-order valence-corrected chi connectivity index (χ4v) is 1.88. The van der Waals surface area contributed by atoms with E-state index in [2.05, 4.69) is 0 Å². The zero-order chi connectivity index (χ0) is 14.9. The van der Waals surface area contributed by atoms with Crippen LogP contribution in [-0.4, -0.2) is 12.4 Å². The second kappa shape index (κ2) is 8.10. The molecule has 21 heavy (non-hydrogen) atoms. The summed E-state index contributed by atoms with van der Waals surface area (Å²) in [5, 5.41) is 0. The summed E-state index contributed by atoms with van der Waals surface area (Å²) < 4.78 is 11.3. The quantitative estimate of drug-likeness (QED) is 0.687. The van der Waals surface area contributed by atoms with Crippen LogP contribution < -0.4 is 9.47 Å². The van der Waals surface area contributed by atoms with Gasteiger partial charge in [0.25, 0.3) is 0 Å². The van der Waals surface area contributed by atoms with Crippen LogP contribution in [0.1, 0.15) is 25.3 Å². The van der Waals surface area contributed by atoms with Gasteiger partial charge in [0.15, 0.2) is 0 Å². The predicted octanol–water partition coefficient (Wildman–Crippen LogP) is 4.01. The molecule has 2 aromatic carbocycles. The van der Waals surface area contributed by atoms with Crippen LogP contribution in [0.3, 0.4) is 0 Å². The molecule has 0 heterocycles. The third kappa shape index (κ3) is 5.69. The zero-order valence-corrected chi connectivity index (χ0v) is 12.2. The van der Waals surface area contributed by atoms with Gasteiger partial charge in [-0.1, -0.05) is 30.3 Å². The minimum Gasteiger partial charge on any atom is -0.494 e. The number of benzene rings is 2. The first-order valence-corrected chi connectivity index (χ1v) is 7.13. The van der Waals surface area contributed by atoms with Gasteiger partial charge in [-0.25, -0.2) is 0 Å². The monoisotopic (exact) mass is 284 g/mol. The molecule has 0 unspecified atom stereocenters. The van der Waals surface area contributed by atoms with E-state index >= 15 is 0 Å². The number of ketones is 1. The molecule has 0 aliphatic rings. The van der Waals surface area contributed by atoms with E-state index in [0.717, 1.165) is 23.5 Å². The highest BCUT2D eigenvalue weighted by Gasteiger charge is 1.99. The summed E-state index contributed by atoms with van der Waals surface area (Å²) in [7, 11) is 0. The van der Waals surface area contributed by atoms with Gasteiger partial charge in [0.2, 0.25) is 0 Å². The average molecular weight is 284 g/mol. The van der Waals surface area contributed by atoms with Crippen molar-refractivity contribution in [2.45, 2.75) is 26.4 Å². The number of hydrogen-bond donors (Lipinski definition) is 0. The number of ether oxygens (including phenoxy) is 2. The van der Waals surface area contributed by atoms with E-state index in [1.807, 2.05) is 54.6 Å². The van der Waals surface area contributed by atoms with Gasteiger partial charge >= 0.3 is 0 Å². The van der Waals surface area contributed by atoms with Gasteiger partial charge in [-0.3, -0.25) is 0 Å². The van der Waals surface area contributed by atoms with Crippen molar-refractivity contribution in [3.8, 4) is 11.5 Å². The Morgan fingerprint density at radius 3 is 2.14 bits per heavy atom. The Hall–Kier alpha value is -2.29. The fourth-order valence-electron chi connectivity index (χ4n) is 1.88. The van der Waals surface area contributed by atoms with Crippen LogP contribution in [0.25, 0.3) is 0 Å². The van der Waals surface area contributed by atoms with Crippen LogP contribution in [0.5, 0.6) is 11.5 Å². The van der Waals surface area contributed by atoms with Crippen molar-refractivity contribution in [2.24, 2.45) is 0 Å². The van der Waals surface area contributed by atoms with E-state index in [1.54, 1.807) is 6.92 Å². The van der Waals surface area contributed by atoms with Crippen LogP contribution in [0.2, 0.25) is 0 Å². The molecule has 0 amide bonds. The maximum Gasteiger partial charge on any atom is 0.129 e. The van der Waals surface area contributed by atoms with Crippen molar-refractivity contribution in [1.29, 1.82) is 0 Å². The van der Waals surface area contributed by atoms with E-state index in [0.29, 0.717) is 19.6 Å². The first kappa shape index (κ1) is 15.1. The summed E-state index contributed by atoms with van der Waals surface area (Å²) in [6.07, 6.45) is 1.32. The lowest BCUT2D eigenvalue weighted by atomic mass is 10.2. The smallest absolute Gasteiger partial charge is 0.129 e. The molecular formula is C18H20O3. The minimum atomic E-state index is 0.197. The number of Topliss-reactive ketones (excluding diaryl/α,β-unsaturated/α-hetero) is 1. The average Bonchev–Trinajstić information content (AvgIpc) is 2.51. The highest BCUT2D eigenvalue weighted by atomic mass is 16.5. The van der Waals surface area contributed by atoms with Crippen LogP contribution in [0, 0.1) is 0 Å². The van der Waals surface area contributed by atoms with Crippen molar-refractivity contribution in [1.82, 2.24) is 0 Å². The van der Waals surface area contributed by atoms with Crippen LogP contribution in [0.4, 0.5) is 0 Å².